The fourth-order valence-electron chi connectivity index (χ4n) is 3.41. The van der Waals surface area contributed by atoms with Crippen molar-refractivity contribution in [1.82, 2.24) is 24.7 Å². The lowest BCUT2D eigenvalue weighted by Crippen LogP contribution is -2.16. The van der Waals surface area contributed by atoms with Crippen LogP contribution in [0.2, 0.25) is 0 Å². The predicted octanol–water partition coefficient (Wildman–Crippen LogP) is 3.08. The summed E-state index contributed by atoms with van der Waals surface area (Å²) in [6, 6.07) is 6.99. The molecule has 4 aromatic rings. The van der Waals surface area contributed by atoms with Crippen LogP contribution in [0.4, 0.5) is 14.7 Å². The van der Waals surface area contributed by atoms with Crippen molar-refractivity contribution in [3.05, 3.63) is 47.9 Å². The number of benzene rings is 1. The molecule has 0 aliphatic carbocycles. The molecule has 4 rings (SSSR count). The number of aromatic amines is 1. The van der Waals surface area contributed by atoms with E-state index < -0.39 is 22.9 Å². The number of hydrogen-bond donors (Lipinski definition) is 2. The van der Waals surface area contributed by atoms with Gasteiger partial charge in [0, 0.05) is 24.2 Å². The second kappa shape index (κ2) is 8.65. The minimum absolute atomic E-state index is 0.0542. The highest BCUT2D eigenvalue weighted by molar-refractivity contribution is 7.93. The summed E-state index contributed by atoms with van der Waals surface area (Å²) in [7, 11) is -1.71. The Morgan fingerprint density at radius 3 is 2.42 bits per heavy atom. The van der Waals surface area contributed by atoms with Gasteiger partial charge in [0.1, 0.15) is 4.90 Å². The van der Waals surface area contributed by atoms with Gasteiger partial charge in [0.15, 0.2) is 0 Å². The van der Waals surface area contributed by atoms with Crippen molar-refractivity contribution >= 4 is 26.9 Å². The Labute approximate surface area is 187 Å². The SMILES string of the molecule is COc1nc(NS(=O)(=O)c2c[nH]c3c(-n4ccc(C)n4)cccc23)nc(OC)c1CC(F)F. The van der Waals surface area contributed by atoms with Gasteiger partial charge in [-0.3, -0.25) is 0 Å². The average molecular weight is 478 g/mol. The summed E-state index contributed by atoms with van der Waals surface area (Å²) in [6.07, 6.45) is -0.299. The zero-order chi connectivity index (χ0) is 23.8. The first-order valence-electron chi connectivity index (χ1n) is 9.66. The number of ether oxygens (including phenoxy) is 2. The van der Waals surface area contributed by atoms with Gasteiger partial charge in [-0.05, 0) is 19.1 Å². The monoisotopic (exact) mass is 478 g/mol. The third-order valence-electron chi connectivity index (χ3n) is 4.82. The van der Waals surface area contributed by atoms with E-state index >= 15 is 0 Å². The molecule has 0 aliphatic heterocycles. The van der Waals surface area contributed by atoms with Crippen LogP contribution < -0.4 is 14.2 Å². The number of nitrogens with zero attached hydrogens (tertiary/aromatic N) is 4. The predicted molar refractivity (Wildman–Crippen MR) is 116 cm³/mol. The first-order chi connectivity index (χ1) is 15.7. The number of para-hydroxylation sites is 1. The van der Waals surface area contributed by atoms with Crippen LogP contribution in [0.25, 0.3) is 16.6 Å². The van der Waals surface area contributed by atoms with E-state index in [0.29, 0.717) is 16.6 Å². The maximum atomic E-state index is 13.2. The second-order valence-corrected chi connectivity index (χ2v) is 8.65. The number of nitrogens with one attached hydrogen (secondary N) is 2. The van der Waals surface area contributed by atoms with E-state index in [4.69, 9.17) is 9.47 Å². The molecule has 174 valence electrons. The van der Waals surface area contributed by atoms with Gasteiger partial charge in [-0.15, -0.1) is 0 Å². The topological polar surface area (TPSA) is 124 Å². The molecule has 0 radical (unpaired) electrons. The van der Waals surface area contributed by atoms with E-state index in [1.54, 1.807) is 29.1 Å². The van der Waals surface area contributed by atoms with E-state index in [0.717, 1.165) is 5.69 Å². The fraction of sp³-hybridized carbons (Fsp3) is 0.250. The number of methoxy groups -OCH3 is 2. The molecule has 0 amide bonds. The minimum Gasteiger partial charge on any atom is -0.481 e. The summed E-state index contributed by atoms with van der Waals surface area (Å²) in [4.78, 5) is 10.8. The number of sulfonamides is 1. The Hall–Kier alpha value is -3.74. The number of aryl methyl sites for hydroxylation is 1. The summed E-state index contributed by atoms with van der Waals surface area (Å²) in [6.45, 7) is 1.85. The Kier molecular flexibility index (Phi) is 5.89. The van der Waals surface area contributed by atoms with E-state index in [1.165, 1.54) is 20.4 Å². The molecule has 0 saturated heterocycles. The molecule has 0 unspecified atom stereocenters. The molecule has 0 aliphatic rings. The number of halogens is 2. The number of aromatic nitrogens is 5. The number of anilines is 1. The molecule has 13 heteroatoms. The number of alkyl halides is 2. The second-order valence-electron chi connectivity index (χ2n) is 7.00. The van der Waals surface area contributed by atoms with Crippen LogP contribution in [0.3, 0.4) is 0 Å². The molecular weight excluding hydrogens is 458 g/mol. The van der Waals surface area contributed by atoms with Gasteiger partial charge in [-0.2, -0.15) is 15.1 Å². The van der Waals surface area contributed by atoms with Crippen LogP contribution in [0.5, 0.6) is 11.8 Å². The summed E-state index contributed by atoms with van der Waals surface area (Å²) in [5, 5.41) is 4.79. The lowest BCUT2D eigenvalue weighted by Gasteiger charge is -2.13. The smallest absolute Gasteiger partial charge is 0.266 e. The normalized spacial score (nSPS) is 11.8. The van der Waals surface area contributed by atoms with Gasteiger partial charge in [0.05, 0.1) is 36.7 Å². The molecule has 0 fully saturated rings. The van der Waals surface area contributed by atoms with E-state index in [1.807, 2.05) is 13.0 Å². The van der Waals surface area contributed by atoms with Gasteiger partial charge < -0.3 is 14.5 Å². The third kappa shape index (κ3) is 4.31. The van der Waals surface area contributed by atoms with Gasteiger partial charge in [-0.25, -0.2) is 26.6 Å². The fourth-order valence-corrected chi connectivity index (χ4v) is 4.52. The van der Waals surface area contributed by atoms with Crippen LogP contribution in [0.1, 0.15) is 11.3 Å². The van der Waals surface area contributed by atoms with Crippen LogP contribution in [-0.2, 0) is 16.4 Å². The molecule has 0 spiro atoms. The summed E-state index contributed by atoms with van der Waals surface area (Å²) in [5.41, 5.74) is 1.97. The standard InChI is InChI=1S/C20H20F2N6O4S/c1-11-7-8-28(26-11)14-6-4-5-12-15(10-23-17(12)14)33(29,30)27-20-24-18(31-2)13(9-16(21)22)19(25-20)32-3/h4-8,10,16,23H,9H2,1-3H3,(H,24,25,27). The lowest BCUT2D eigenvalue weighted by molar-refractivity contribution is 0.146. The van der Waals surface area contributed by atoms with Gasteiger partial charge in [0.2, 0.25) is 24.1 Å². The maximum Gasteiger partial charge on any atom is 0.266 e. The Balaban J connectivity index is 1.74. The van der Waals surface area contributed by atoms with Crippen LogP contribution in [-0.4, -0.2) is 53.8 Å². The minimum atomic E-state index is -4.17. The highest BCUT2D eigenvalue weighted by Gasteiger charge is 2.25. The van der Waals surface area contributed by atoms with Crippen LogP contribution in [0.15, 0.2) is 41.6 Å². The summed E-state index contributed by atoms with van der Waals surface area (Å²) >= 11 is 0. The van der Waals surface area contributed by atoms with Crippen molar-refractivity contribution in [3.8, 4) is 17.4 Å². The molecule has 2 N–H and O–H groups in total. The Morgan fingerprint density at radius 1 is 1.15 bits per heavy atom. The zero-order valence-electron chi connectivity index (χ0n) is 17.8. The van der Waals surface area contributed by atoms with E-state index in [-0.39, 0.29) is 28.2 Å². The van der Waals surface area contributed by atoms with Crippen molar-refractivity contribution in [1.29, 1.82) is 0 Å². The lowest BCUT2D eigenvalue weighted by atomic mass is 10.2. The van der Waals surface area contributed by atoms with Crippen molar-refractivity contribution in [3.63, 3.8) is 0 Å². The number of hydrogen-bond acceptors (Lipinski definition) is 7. The summed E-state index contributed by atoms with van der Waals surface area (Å²) in [5.74, 6) is -0.805. The number of rotatable bonds is 8. The zero-order valence-corrected chi connectivity index (χ0v) is 18.7. The molecule has 0 saturated carbocycles. The first-order valence-corrected chi connectivity index (χ1v) is 11.1. The largest absolute Gasteiger partial charge is 0.481 e. The highest BCUT2D eigenvalue weighted by Crippen LogP contribution is 2.31. The van der Waals surface area contributed by atoms with Crippen LogP contribution in [0, 0.1) is 6.92 Å². The van der Waals surface area contributed by atoms with Gasteiger partial charge in [-0.1, -0.05) is 12.1 Å². The quantitative estimate of drug-likeness (QED) is 0.399. The molecular formula is C20H20F2N6O4S. The molecule has 0 bridgehead atoms. The molecule has 10 nitrogen and oxygen atoms in total. The van der Waals surface area contributed by atoms with E-state index in [2.05, 4.69) is 24.8 Å². The van der Waals surface area contributed by atoms with Crippen molar-refractivity contribution in [2.75, 3.05) is 18.9 Å². The molecule has 3 heterocycles. The van der Waals surface area contributed by atoms with Crippen molar-refractivity contribution in [2.24, 2.45) is 0 Å². The van der Waals surface area contributed by atoms with Crippen molar-refractivity contribution in [2.45, 2.75) is 24.7 Å². The molecule has 3 aromatic heterocycles. The third-order valence-corrected chi connectivity index (χ3v) is 6.18. The average Bonchev–Trinajstić information content (AvgIpc) is 3.40. The molecule has 1 aromatic carbocycles. The summed E-state index contributed by atoms with van der Waals surface area (Å²) < 4.78 is 66.2. The highest BCUT2D eigenvalue weighted by atomic mass is 32.2. The Morgan fingerprint density at radius 2 is 1.85 bits per heavy atom. The van der Waals surface area contributed by atoms with Gasteiger partial charge in [0.25, 0.3) is 10.0 Å². The Bertz CT molecular complexity index is 1390. The van der Waals surface area contributed by atoms with Gasteiger partial charge >= 0.3 is 0 Å². The van der Waals surface area contributed by atoms with E-state index in [9.17, 15) is 17.2 Å². The number of fused-ring (bicyclic) bond motifs is 1. The van der Waals surface area contributed by atoms with Crippen molar-refractivity contribution < 1.29 is 26.7 Å². The molecule has 33 heavy (non-hydrogen) atoms. The molecule has 0 atom stereocenters. The maximum absolute atomic E-state index is 13.2. The van der Waals surface area contributed by atoms with Crippen LogP contribution >= 0.6 is 0 Å². The number of H-pyrrole nitrogens is 1. The first kappa shape index (κ1) is 22.5.